The highest BCUT2D eigenvalue weighted by Crippen LogP contribution is 2.31. The SMILES string of the molecule is COC(=O)c1ccc(SC(=O)N(C)C)c([N+](=O)[O-])c1. The first-order valence-corrected chi connectivity index (χ1v) is 5.94. The zero-order valence-electron chi connectivity index (χ0n) is 10.6. The van der Waals surface area contributed by atoms with Crippen molar-refractivity contribution in [2.45, 2.75) is 4.90 Å². The Labute approximate surface area is 113 Å². The predicted octanol–water partition coefficient (Wildman–Crippen LogP) is 2.16. The Morgan fingerprint density at radius 2 is 2.00 bits per heavy atom. The van der Waals surface area contributed by atoms with Gasteiger partial charge in [0.1, 0.15) is 0 Å². The molecule has 1 amide bonds. The lowest BCUT2D eigenvalue weighted by molar-refractivity contribution is -0.387. The number of nitro groups is 1. The number of hydrogen-bond acceptors (Lipinski definition) is 6. The lowest BCUT2D eigenvalue weighted by Crippen LogP contribution is -2.16. The molecule has 0 saturated heterocycles. The molecule has 1 rings (SSSR count). The number of nitro benzene ring substituents is 1. The van der Waals surface area contributed by atoms with E-state index < -0.39 is 10.9 Å². The Morgan fingerprint density at radius 1 is 1.37 bits per heavy atom. The Bertz CT molecular complexity index is 530. The van der Waals surface area contributed by atoms with Gasteiger partial charge in [-0.15, -0.1) is 0 Å². The number of rotatable bonds is 3. The summed E-state index contributed by atoms with van der Waals surface area (Å²) < 4.78 is 4.49. The maximum absolute atomic E-state index is 11.5. The molecule has 0 aliphatic heterocycles. The summed E-state index contributed by atoms with van der Waals surface area (Å²) in [6.45, 7) is 0. The molecule has 0 N–H and O–H groups in total. The quantitative estimate of drug-likeness (QED) is 0.365. The molecule has 0 aliphatic rings. The van der Waals surface area contributed by atoms with Crippen LogP contribution in [0, 0.1) is 10.1 Å². The zero-order valence-corrected chi connectivity index (χ0v) is 11.4. The highest BCUT2D eigenvalue weighted by molar-refractivity contribution is 8.13. The van der Waals surface area contributed by atoms with Crippen molar-refractivity contribution in [2.75, 3.05) is 21.2 Å². The van der Waals surface area contributed by atoms with Gasteiger partial charge in [-0.3, -0.25) is 14.9 Å². The van der Waals surface area contributed by atoms with Gasteiger partial charge in [-0.1, -0.05) is 0 Å². The third-order valence-electron chi connectivity index (χ3n) is 2.14. The van der Waals surface area contributed by atoms with Crippen molar-refractivity contribution in [3.63, 3.8) is 0 Å². The van der Waals surface area contributed by atoms with E-state index in [0.717, 1.165) is 17.8 Å². The Morgan fingerprint density at radius 3 is 2.47 bits per heavy atom. The van der Waals surface area contributed by atoms with Gasteiger partial charge in [0.2, 0.25) is 0 Å². The minimum Gasteiger partial charge on any atom is -0.465 e. The highest BCUT2D eigenvalue weighted by Gasteiger charge is 2.21. The molecule has 1 aromatic rings. The number of benzene rings is 1. The van der Waals surface area contributed by atoms with Crippen LogP contribution in [0.15, 0.2) is 23.1 Å². The number of hydrogen-bond donors (Lipinski definition) is 0. The summed E-state index contributed by atoms with van der Waals surface area (Å²) in [5.41, 5.74) is -0.237. The van der Waals surface area contributed by atoms with Gasteiger partial charge in [0, 0.05) is 20.2 Å². The third-order valence-corrected chi connectivity index (χ3v) is 3.24. The van der Waals surface area contributed by atoms with Crippen LogP contribution in [0.3, 0.4) is 0 Å². The fraction of sp³-hybridized carbons (Fsp3) is 0.273. The number of methoxy groups -OCH3 is 1. The first-order valence-electron chi connectivity index (χ1n) is 5.12. The molecular formula is C11H12N2O5S. The molecule has 0 heterocycles. The van der Waals surface area contributed by atoms with Crippen molar-refractivity contribution < 1.29 is 19.2 Å². The van der Waals surface area contributed by atoms with Crippen LogP contribution in [0.1, 0.15) is 10.4 Å². The number of amides is 1. The summed E-state index contributed by atoms with van der Waals surface area (Å²) in [7, 11) is 4.28. The summed E-state index contributed by atoms with van der Waals surface area (Å²) in [5, 5.41) is 10.6. The number of ether oxygens (including phenoxy) is 1. The molecule has 0 unspecified atom stereocenters. The van der Waals surface area contributed by atoms with Gasteiger partial charge in [0.15, 0.2) is 0 Å². The van der Waals surface area contributed by atoms with Crippen LogP contribution in [0.5, 0.6) is 0 Å². The van der Waals surface area contributed by atoms with Gasteiger partial charge in [-0.05, 0) is 23.9 Å². The molecule has 0 aliphatic carbocycles. The maximum Gasteiger partial charge on any atom is 0.338 e. The van der Waals surface area contributed by atoms with Gasteiger partial charge in [0.05, 0.1) is 22.5 Å². The van der Waals surface area contributed by atoms with Gasteiger partial charge >= 0.3 is 5.97 Å². The molecule has 19 heavy (non-hydrogen) atoms. The van der Waals surface area contributed by atoms with Crippen molar-refractivity contribution >= 4 is 28.7 Å². The largest absolute Gasteiger partial charge is 0.465 e. The molecule has 0 saturated carbocycles. The number of thioether (sulfide) groups is 1. The molecule has 0 spiro atoms. The van der Waals surface area contributed by atoms with Crippen molar-refractivity contribution in [1.29, 1.82) is 0 Å². The molecule has 0 atom stereocenters. The van der Waals surface area contributed by atoms with Crippen LogP contribution in [0.4, 0.5) is 10.5 Å². The summed E-state index contributed by atoms with van der Waals surface area (Å²) >= 11 is 0.728. The van der Waals surface area contributed by atoms with Crippen molar-refractivity contribution in [3.8, 4) is 0 Å². The van der Waals surface area contributed by atoms with E-state index in [1.807, 2.05) is 0 Å². The standard InChI is InChI=1S/C11H12N2O5S/c1-12(2)11(15)19-9-5-4-7(10(14)18-3)6-8(9)13(16)17/h4-6H,1-3H3. The lowest BCUT2D eigenvalue weighted by Gasteiger charge is -2.09. The molecule has 0 aromatic heterocycles. The van der Waals surface area contributed by atoms with Crippen LogP contribution < -0.4 is 0 Å². The Hall–Kier alpha value is -2.09. The average Bonchev–Trinajstić information content (AvgIpc) is 2.37. The Balaban J connectivity index is 3.15. The predicted molar refractivity (Wildman–Crippen MR) is 69.4 cm³/mol. The maximum atomic E-state index is 11.5. The number of esters is 1. The van der Waals surface area contributed by atoms with Crippen molar-refractivity contribution in [1.82, 2.24) is 4.90 Å². The van der Waals surface area contributed by atoms with Crippen molar-refractivity contribution in [2.24, 2.45) is 0 Å². The second kappa shape index (κ2) is 6.19. The Kier molecular flexibility index (Phi) is 4.87. The summed E-state index contributed by atoms with van der Waals surface area (Å²) in [6.07, 6.45) is 0. The molecule has 0 radical (unpaired) electrons. The monoisotopic (exact) mass is 284 g/mol. The molecule has 0 fully saturated rings. The second-order valence-corrected chi connectivity index (χ2v) is 4.69. The van der Waals surface area contributed by atoms with E-state index in [1.54, 1.807) is 14.1 Å². The van der Waals surface area contributed by atoms with Gasteiger partial charge in [0.25, 0.3) is 10.9 Å². The fourth-order valence-corrected chi connectivity index (χ4v) is 1.92. The van der Waals surface area contributed by atoms with E-state index in [4.69, 9.17) is 0 Å². The first-order chi connectivity index (χ1) is 8.86. The average molecular weight is 284 g/mol. The zero-order chi connectivity index (χ0) is 14.6. The van der Waals surface area contributed by atoms with E-state index in [2.05, 4.69) is 4.74 Å². The molecule has 7 nitrogen and oxygen atoms in total. The van der Waals surface area contributed by atoms with Crippen LogP contribution in [0.25, 0.3) is 0 Å². The minimum absolute atomic E-state index is 0.0656. The van der Waals surface area contributed by atoms with Crippen LogP contribution in [0.2, 0.25) is 0 Å². The molecular weight excluding hydrogens is 272 g/mol. The van der Waals surface area contributed by atoms with E-state index >= 15 is 0 Å². The topological polar surface area (TPSA) is 89.8 Å². The second-order valence-electron chi connectivity index (χ2n) is 3.69. The normalized spacial score (nSPS) is 9.84. The van der Waals surface area contributed by atoms with Crippen LogP contribution in [-0.4, -0.2) is 42.2 Å². The van der Waals surface area contributed by atoms with Crippen molar-refractivity contribution in [3.05, 3.63) is 33.9 Å². The molecule has 102 valence electrons. The first kappa shape index (κ1) is 15.0. The number of carbonyl (C=O) groups excluding carboxylic acids is 2. The van der Waals surface area contributed by atoms with E-state index in [0.29, 0.717) is 0 Å². The van der Waals surface area contributed by atoms with Gasteiger partial charge in [-0.25, -0.2) is 4.79 Å². The van der Waals surface area contributed by atoms with E-state index in [1.165, 1.54) is 24.1 Å². The summed E-state index contributed by atoms with van der Waals surface area (Å²) in [5.74, 6) is -0.668. The van der Waals surface area contributed by atoms with Crippen LogP contribution >= 0.6 is 11.8 Å². The number of nitrogens with zero attached hydrogens (tertiary/aromatic N) is 2. The van der Waals surface area contributed by atoms with Gasteiger partial charge in [-0.2, -0.15) is 0 Å². The van der Waals surface area contributed by atoms with E-state index in [9.17, 15) is 19.7 Å². The minimum atomic E-state index is -0.668. The molecule has 8 heteroatoms. The smallest absolute Gasteiger partial charge is 0.338 e. The van der Waals surface area contributed by atoms with Gasteiger partial charge < -0.3 is 9.64 Å². The summed E-state index contributed by atoms with van der Waals surface area (Å²) in [4.78, 5) is 34.6. The molecule has 1 aromatic carbocycles. The summed E-state index contributed by atoms with van der Waals surface area (Å²) in [6, 6.07) is 3.83. The van der Waals surface area contributed by atoms with Crippen LogP contribution in [-0.2, 0) is 4.74 Å². The van der Waals surface area contributed by atoms with E-state index in [-0.39, 0.29) is 21.4 Å². The molecule has 0 bridgehead atoms. The number of carbonyl (C=O) groups is 2. The fourth-order valence-electron chi connectivity index (χ4n) is 1.18. The third kappa shape index (κ3) is 3.68. The highest BCUT2D eigenvalue weighted by atomic mass is 32.2. The lowest BCUT2D eigenvalue weighted by atomic mass is 10.2.